The molecule has 0 saturated heterocycles. The smallest absolute Gasteiger partial charge is 0.312 e. The molecule has 0 saturated carbocycles. The van der Waals surface area contributed by atoms with E-state index >= 15 is 0 Å². The summed E-state index contributed by atoms with van der Waals surface area (Å²) in [6.07, 6.45) is 0.237. The first-order valence-electron chi connectivity index (χ1n) is 6.02. The second-order valence-corrected chi connectivity index (χ2v) is 5.15. The van der Waals surface area contributed by atoms with Crippen molar-refractivity contribution in [1.29, 1.82) is 0 Å². The lowest BCUT2D eigenvalue weighted by Crippen LogP contribution is -2.42. The van der Waals surface area contributed by atoms with Crippen LogP contribution in [0.3, 0.4) is 0 Å². The number of nitrogens with one attached hydrogen (secondary N) is 1. The average Bonchev–Trinajstić information content (AvgIpc) is 2.39. The second kappa shape index (κ2) is 7.20. The Balaban J connectivity index is 3.17. The Kier molecular flexibility index (Phi) is 5.90. The Labute approximate surface area is 124 Å². The molecule has 0 spiro atoms. The van der Waals surface area contributed by atoms with Crippen molar-refractivity contribution < 1.29 is 14.5 Å². The largest absolute Gasteiger partial charge is 0.473 e. The topological polar surface area (TPSA) is 107 Å². The standard InChI is InChI=1S/C12H16BrN3O4/c1-3-4-10(12(17)15-14)20-11-7(2)5-8(13)6-9(11)16(18)19/h5-6,10H,3-4,14H2,1-2H3,(H,15,17). The maximum atomic E-state index is 11.6. The van der Waals surface area contributed by atoms with Gasteiger partial charge in [0.2, 0.25) is 5.75 Å². The lowest BCUT2D eigenvalue weighted by molar-refractivity contribution is -0.386. The predicted molar refractivity (Wildman–Crippen MR) is 77.2 cm³/mol. The molecule has 1 aromatic rings. The Hall–Kier alpha value is -1.67. The summed E-state index contributed by atoms with van der Waals surface area (Å²) < 4.78 is 6.10. The van der Waals surface area contributed by atoms with Gasteiger partial charge in [-0.15, -0.1) is 0 Å². The molecular formula is C12H16BrN3O4. The molecule has 0 aromatic heterocycles. The van der Waals surface area contributed by atoms with Crippen LogP contribution in [0.4, 0.5) is 5.69 Å². The Bertz CT molecular complexity index is 522. The molecule has 110 valence electrons. The molecule has 1 atom stereocenters. The quantitative estimate of drug-likeness (QED) is 0.355. The number of hydrazine groups is 1. The number of hydrogen-bond acceptors (Lipinski definition) is 5. The molecule has 0 heterocycles. The zero-order valence-electron chi connectivity index (χ0n) is 11.2. The zero-order chi connectivity index (χ0) is 15.3. The summed E-state index contributed by atoms with van der Waals surface area (Å²) in [6, 6.07) is 3.03. The minimum atomic E-state index is -0.858. The first kappa shape index (κ1) is 16.4. The maximum absolute atomic E-state index is 11.6. The molecule has 0 bridgehead atoms. The van der Waals surface area contributed by atoms with Crippen LogP contribution in [0.15, 0.2) is 16.6 Å². The number of ether oxygens (including phenoxy) is 1. The monoisotopic (exact) mass is 345 g/mol. The van der Waals surface area contributed by atoms with Gasteiger partial charge in [0.25, 0.3) is 5.91 Å². The second-order valence-electron chi connectivity index (χ2n) is 4.23. The van der Waals surface area contributed by atoms with E-state index in [0.29, 0.717) is 22.9 Å². The van der Waals surface area contributed by atoms with E-state index in [1.807, 2.05) is 12.3 Å². The Morgan fingerprint density at radius 1 is 1.60 bits per heavy atom. The highest BCUT2D eigenvalue weighted by molar-refractivity contribution is 9.10. The van der Waals surface area contributed by atoms with Crippen molar-refractivity contribution in [3.63, 3.8) is 0 Å². The SMILES string of the molecule is CCCC(Oc1c(C)cc(Br)cc1[N+](=O)[O-])C(=O)NN. The molecule has 0 radical (unpaired) electrons. The van der Waals surface area contributed by atoms with E-state index in [-0.39, 0.29) is 11.4 Å². The van der Waals surface area contributed by atoms with Crippen LogP contribution in [0.25, 0.3) is 0 Å². The third-order valence-electron chi connectivity index (χ3n) is 2.66. The first-order valence-corrected chi connectivity index (χ1v) is 6.81. The van der Waals surface area contributed by atoms with E-state index < -0.39 is 16.9 Å². The van der Waals surface area contributed by atoms with Crippen LogP contribution >= 0.6 is 15.9 Å². The molecule has 1 unspecified atom stereocenters. The van der Waals surface area contributed by atoms with Gasteiger partial charge in [-0.25, -0.2) is 5.84 Å². The number of benzene rings is 1. The molecule has 0 fully saturated rings. The summed E-state index contributed by atoms with van der Waals surface area (Å²) in [4.78, 5) is 22.2. The molecule has 0 aliphatic carbocycles. The highest BCUT2D eigenvalue weighted by atomic mass is 79.9. The number of carbonyl (C=O) groups is 1. The third-order valence-corrected chi connectivity index (χ3v) is 3.12. The molecule has 20 heavy (non-hydrogen) atoms. The van der Waals surface area contributed by atoms with Gasteiger partial charge in [-0.05, 0) is 25.0 Å². The van der Waals surface area contributed by atoms with E-state index in [1.54, 1.807) is 13.0 Å². The van der Waals surface area contributed by atoms with Crippen molar-refractivity contribution >= 4 is 27.5 Å². The van der Waals surface area contributed by atoms with E-state index in [1.165, 1.54) is 6.07 Å². The third kappa shape index (κ3) is 3.91. The Morgan fingerprint density at radius 2 is 2.25 bits per heavy atom. The van der Waals surface area contributed by atoms with Gasteiger partial charge in [-0.2, -0.15) is 0 Å². The fourth-order valence-electron chi connectivity index (χ4n) is 1.74. The summed E-state index contributed by atoms with van der Waals surface area (Å²) in [5.74, 6) is 4.67. The fourth-order valence-corrected chi connectivity index (χ4v) is 2.30. The fraction of sp³-hybridized carbons (Fsp3) is 0.417. The van der Waals surface area contributed by atoms with Crippen LogP contribution in [0.1, 0.15) is 25.3 Å². The molecule has 8 heteroatoms. The van der Waals surface area contributed by atoms with Crippen molar-refractivity contribution in [2.45, 2.75) is 32.8 Å². The van der Waals surface area contributed by atoms with Gasteiger partial charge in [-0.3, -0.25) is 20.3 Å². The van der Waals surface area contributed by atoms with E-state index in [4.69, 9.17) is 10.6 Å². The summed E-state index contributed by atoms with van der Waals surface area (Å²) in [5, 5.41) is 11.1. The van der Waals surface area contributed by atoms with Crippen molar-refractivity contribution in [3.05, 3.63) is 32.3 Å². The number of aryl methyl sites for hydroxylation is 1. The van der Waals surface area contributed by atoms with Crippen LogP contribution < -0.4 is 16.0 Å². The predicted octanol–water partition coefficient (Wildman–Crippen LogP) is 2.20. The van der Waals surface area contributed by atoms with Crippen LogP contribution in [0.2, 0.25) is 0 Å². The van der Waals surface area contributed by atoms with Crippen LogP contribution in [-0.2, 0) is 4.79 Å². The number of nitro benzene ring substituents is 1. The molecule has 1 amide bonds. The van der Waals surface area contributed by atoms with E-state index in [9.17, 15) is 14.9 Å². The molecule has 1 aromatic carbocycles. The van der Waals surface area contributed by atoms with Gasteiger partial charge < -0.3 is 4.74 Å². The van der Waals surface area contributed by atoms with E-state index in [0.717, 1.165) is 0 Å². The van der Waals surface area contributed by atoms with Crippen LogP contribution in [0, 0.1) is 17.0 Å². The van der Waals surface area contributed by atoms with Gasteiger partial charge in [0, 0.05) is 10.5 Å². The van der Waals surface area contributed by atoms with E-state index in [2.05, 4.69) is 15.9 Å². The van der Waals surface area contributed by atoms with Gasteiger partial charge in [0.15, 0.2) is 6.10 Å². The number of carbonyl (C=O) groups excluding carboxylic acids is 1. The molecule has 0 aliphatic heterocycles. The summed E-state index contributed by atoms with van der Waals surface area (Å²) in [6.45, 7) is 3.56. The number of hydrogen-bond donors (Lipinski definition) is 2. The minimum absolute atomic E-state index is 0.0836. The maximum Gasteiger partial charge on any atom is 0.312 e. The summed E-state index contributed by atoms with van der Waals surface area (Å²) in [5.41, 5.74) is 2.38. The lowest BCUT2D eigenvalue weighted by Gasteiger charge is -2.18. The van der Waals surface area contributed by atoms with Gasteiger partial charge in [-0.1, -0.05) is 29.3 Å². The van der Waals surface area contributed by atoms with Gasteiger partial charge in [0.05, 0.1) is 4.92 Å². The number of amides is 1. The normalized spacial score (nSPS) is 11.8. The Morgan fingerprint density at radius 3 is 2.75 bits per heavy atom. The van der Waals surface area contributed by atoms with Crippen molar-refractivity contribution in [1.82, 2.24) is 5.43 Å². The lowest BCUT2D eigenvalue weighted by atomic mass is 10.1. The minimum Gasteiger partial charge on any atom is -0.473 e. The highest BCUT2D eigenvalue weighted by Crippen LogP contribution is 2.35. The molecule has 0 aliphatic rings. The van der Waals surface area contributed by atoms with Crippen LogP contribution in [0.5, 0.6) is 5.75 Å². The zero-order valence-corrected chi connectivity index (χ0v) is 12.8. The van der Waals surface area contributed by atoms with Gasteiger partial charge in [0.1, 0.15) is 0 Å². The molecule has 3 N–H and O–H groups in total. The highest BCUT2D eigenvalue weighted by Gasteiger charge is 2.25. The average molecular weight is 346 g/mol. The van der Waals surface area contributed by atoms with Crippen molar-refractivity contribution in [3.8, 4) is 5.75 Å². The molecule has 7 nitrogen and oxygen atoms in total. The van der Waals surface area contributed by atoms with Crippen LogP contribution in [-0.4, -0.2) is 16.9 Å². The summed E-state index contributed by atoms with van der Waals surface area (Å²) >= 11 is 3.20. The number of rotatable bonds is 6. The van der Waals surface area contributed by atoms with Crippen molar-refractivity contribution in [2.24, 2.45) is 5.84 Å². The number of nitro groups is 1. The molecule has 1 rings (SSSR count). The molecular weight excluding hydrogens is 330 g/mol. The van der Waals surface area contributed by atoms with Crippen molar-refractivity contribution in [2.75, 3.05) is 0 Å². The van der Waals surface area contributed by atoms with Gasteiger partial charge >= 0.3 is 5.69 Å². The number of halogens is 1. The number of nitrogens with two attached hydrogens (primary N) is 1. The summed E-state index contributed by atoms with van der Waals surface area (Å²) in [7, 11) is 0. The first-order chi connectivity index (χ1) is 9.40. The number of nitrogens with zero attached hydrogens (tertiary/aromatic N) is 1.